The van der Waals surface area contributed by atoms with E-state index in [1.54, 1.807) is 0 Å². The molecule has 2 N–H and O–H groups in total. The minimum absolute atomic E-state index is 0.0383. The first-order chi connectivity index (χ1) is 6.63. The van der Waals surface area contributed by atoms with Crippen LogP contribution < -0.4 is 5.73 Å². The smallest absolute Gasteiger partial charge is 0.0545 e. The standard InChI is InChI=1S/C11H17NOS/c1-3-10(12)8-14(13)11-6-4-5-9(2)7-11/h4-7,10H,3,8,12H2,1-2H3. The minimum atomic E-state index is -0.949. The maximum absolute atomic E-state index is 11.8. The van der Waals surface area contributed by atoms with E-state index in [0.717, 1.165) is 16.9 Å². The van der Waals surface area contributed by atoms with E-state index in [4.69, 9.17) is 5.73 Å². The Hall–Kier alpha value is -0.670. The van der Waals surface area contributed by atoms with E-state index in [1.165, 1.54) is 0 Å². The van der Waals surface area contributed by atoms with Gasteiger partial charge in [0.2, 0.25) is 0 Å². The van der Waals surface area contributed by atoms with Crippen LogP contribution in [-0.2, 0) is 10.8 Å². The molecule has 0 bridgehead atoms. The highest BCUT2D eigenvalue weighted by Gasteiger charge is 2.08. The SMILES string of the molecule is CCC(N)CS(=O)c1cccc(C)c1. The van der Waals surface area contributed by atoms with Gasteiger partial charge in [0.15, 0.2) is 0 Å². The fourth-order valence-corrected chi connectivity index (χ4v) is 2.53. The Morgan fingerprint density at radius 3 is 2.79 bits per heavy atom. The lowest BCUT2D eigenvalue weighted by Gasteiger charge is -2.08. The van der Waals surface area contributed by atoms with Gasteiger partial charge in [0.25, 0.3) is 0 Å². The zero-order valence-corrected chi connectivity index (χ0v) is 9.51. The molecule has 1 aromatic rings. The lowest BCUT2D eigenvalue weighted by molar-refractivity contribution is 0.663. The Labute approximate surface area is 88.0 Å². The van der Waals surface area contributed by atoms with Gasteiger partial charge in [0.1, 0.15) is 0 Å². The van der Waals surface area contributed by atoms with Crippen molar-refractivity contribution in [3.63, 3.8) is 0 Å². The molecule has 0 aliphatic heterocycles. The zero-order chi connectivity index (χ0) is 10.6. The molecule has 78 valence electrons. The van der Waals surface area contributed by atoms with Crippen molar-refractivity contribution < 1.29 is 4.21 Å². The highest BCUT2D eigenvalue weighted by atomic mass is 32.2. The molecule has 2 atom stereocenters. The van der Waals surface area contributed by atoms with E-state index in [-0.39, 0.29) is 6.04 Å². The van der Waals surface area contributed by atoms with Crippen LogP contribution in [0.4, 0.5) is 0 Å². The van der Waals surface area contributed by atoms with Crippen LogP contribution in [0.25, 0.3) is 0 Å². The summed E-state index contributed by atoms with van der Waals surface area (Å²) in [5.74, 6) is 0.556. The van der Waals surface area contributed by atoms with Gasteiger partial charge in [0, 0.05) is 16.7 Å². The summed E-state index contributed by atoms with van der Waals surface area (Å²) >= 11 is 0. The maximum Gasteiger partial charge on any atom is 0.0545 e. The number of benzene rings is 1. The van der Waals surface area contributed by atoms with Gasteiger partial charge >= 0.3 is 0 Å². The van der Waals surface area contributed by atoms with Crippen LogP contribution in [0.15, 0.2) is 29.2 Å². The van der Waals surface area contributed by atoms with Crippen LogP contribution >= 0.6 is 0 Å². The average molecular weight is 211 g/mol. The van der Waals surface area contributed by atoms with Gasteiger partial charge in [-0.25, -0.2) is 0 Å². The van der Waals surface area contributed by atoms with Crippen LogP contribution in [0, 0.1) is 6.92 Å². The number of aryl methyl sites for hydroxylation is 1. The van der Waals surface area contributed by atoms with Crippen molar-refractivity contribution in [1.82, 2.24) is 0 Å². The Bertz CT molecular complexity index is 325. The van der Waals surface area contributed by atoms with Gasteiger partial charge in [0.05, 0.1) is 10.8 Å². The van der Waals surface area contributed by atoms with Crippen LogP contribution in [0.3, 0.4) is 0 Å². The summed E-state index contributed by atoms with van der Waals surface area (Å²) in [5.41, 5.74) is 6.90. The molecule has 3 heteroatoms. The average Bonchev–Trinajstić information content (AvgIpc) is 2.17. The quantitative estimate of drug-likeness (QED) is 0.825. The van der Waals surface area contributed by atoms with Crippen LogP contribution in [0.2, 0.25) is 0 Å². The van der Waals surface area contributed by atoms with E-state index in [1.807, 2.05) is 38.1 Å². The Balaban J connectivity index is 2.70. The van der Waals surface area contributed by atoms with Gasteiger partial charge in [-0.2, -0.15) is 0 Å². The van der Waals surface area contributed by atoms with Gasteiger partial charge in [-0.05, 0) is 31.0 Å². The van der Waals surface area contributed by atoms with Crippen LogP contribution in [0.5, 0.6) is 0 Å². The summed E-state index contributed by atoms with van der Waals surface area (Å²) in [7, 11) is -0.949. The second-order valence-corrected chi connectivity index (χ2v) is 4.99. The first-order valence-corrected chi connectivity index (χ1v) is 6.16. The van der Waals surface area contributed by atoms with Crippen molar-refractivity contribution in [2.75, 3.05) is 5.75 Å². The van der Waals surface area contributed by atoms with Crippen LogP contribution in [0.1, 0.15) is 18.9 Å². The predicted octanol–water partition coefficient (Wildman–Crippen LogP) is 1.84. The Morgan fingerprint density at radius 1 is 1.50 bits per heavy atom. The monoisotopic (exact) mass is 211 g/mol. The third-order valence-corrected chi connectivity index (χ3v) is 3.65. The van der Waals surface area contributed by atoms with Gasteiger partial charge in [-0.15, -0.1) is 0 Å². The third-order valence-electron chi connectivity index (χ3n) is 2.14. The van der Waals surface area contributed by atoms with Crippen LogP contribution in [-0.4, -0.2) is 16.0 Å². The minimum Gasteiger partial charge on any atom is -0.327 e. The Kier molecular flexibility index (Phi) is 4.29. The summed E-state index contributed by atoms with van der Waals surface area (Å²) < 4.78 is 11.8. The Morgan fingerprint density at radius 2 is 2.21 bits per heavy atom. The maximum atomic E-state index is 11.8. The highest BCUT2D eigenvalue weighted by Crippen LogP contribution is 2.10. The molecule has 0 saturated heterocycles. The van der Waals surface area contributed by atoms with Crippen molar-refractivity contribution in [3.8, 4) is 0 Å². The van der Waals surface area contributed by atoms with Crippen molar-refractivity contribution >= 4 is 10.8 Å². The first-order valence-electron chi connectivity index (χ1n) is 4.84. The molecule has 0 saturated carbocycles. The second kappa shape index (κ2) is 5.27. The lowest BCUT2D eigenvalue weighted by Crippen LogP contribution is -2.26. The molecule has 1 aromatic carbocycles. The van der Waals surface area contributed by atoms with Gasteiger partial charge < -0.3 is 5.73 Å². The van der Waals surface area contributed by atoms with E-state index < -0.39 is 10.8 Å². The van der Waals surface area contributed by atoms with Gasteiger partial charge in [-0.1, -0.05) is 19.1 Å². The largest absolute Gasteiger partial charge is 0.327 e. The fraction of sp³-hybridized carbons (Fsp3) is 0.455. The van der Waals surface area contributed by atoms with Crippen molar-refractivity contribution in [2.45, 2.75) is 31.2 Å². The third kappa shape index (κ3) is 3.24. The summed E-state index contributed by atoms with van der Waals surface area (Å²) in [4.78, 5) is 0.883. The van der Waals surface area contributed by atoms with Crippen molar-refractivity contribution in [2.24, 2.45) is 5.73 Å². The molecule has 1 rings (SSSR count). The normalized spacial score (nSPS) is 15.1. The predicted molar refractivity (Wildman–Crippen MR) is 60.7 cm³/mol. The second-order valence-electron chi connectivity index (χ2n) is 3.50. The number of hydrogen-bond donors (Lipinski definition) is 1. The number of rotatable bonds is 4. The fourth-order valence-electron chi connectivity index (χ4n) is 1.17. The molecule has 0 spiro atoms. The molecule has 2 nitrogen and oxygen atoms in total. The van der Waals surface area contributed by atoms with E-state index in [9.17, 15) is 4.21 Å². The first kappa shape index (κ1) is 11.4. The number of hydrogen-bond acceptors (Lipinski definition) is 2. The molecule has 0 aliphatic rings. The van der Waals surface area contributed by atoms with Crippen molar-refractivity contribution in [3.05, 3.63) is 29.8 Å². The van der Waals surface area contributed by atoms with Gasteiger partial charge in [-0.3, -0.25) is 4.21 Å². The summed E-state index contributed by atoms with van der Waals surface area (Å²) in [6.45, 7) is 4.01. The molecule has 0 aliphatic carbocycles. The van der Waals surface area contributed by atoms with E-state index in [2.05, 4.69) is 0 Å². The highest BCUT2D eigenvalue weighted by molar-refractivity contribution is 7.85. The molecule has 14 heavy (non-hydrogen) atoms. The van der Waals surface area contributed by atoms with E-state index >= 15 is 0 Å². The lowest BCUT2D eigenvalue weighted by atomic mass is 10.2. The summed E-state index contributed by atoms with van der Waals surface area (Å²) in [6.07, 6.45) is 0.873. The topological polar surface area (TPSA) is 43.1 Å². The molecular weight excluding hydrogens is 194 g/mol. The molecule has 0 radical (unpaired) electrons. The zero-order valence-electron chi connectivity index (χ0n) is 8.69. The molecule has 0 fully saturated rings. The molecule has 0 aromatic heterocycles. The van der Waals surface area contributed by atoms with Crippen molar-refractivity contribution in [1.29, 1.82) is 0 Å². The molecule has 0 amide bonds. The number of nitrogens with two attached hydrogens (primary N) is 1. The molecule has 2 unspecified atom stereocenters. The van der Waals surface area contributed by atoms with E-state index in [0.29, 0.717) is 5.75 Å². The summed E-state index contributed by atoms with van der Waals surface area (Å²) in [5, 5.41) is 0. The summed E-state index contributed by atoms with van der Waals surface area (Å²) in [6, 6.07) is 7.82. The molecule has 0 heterocycles. The molecular formula is C11H17NOS.